The molecule has 1 unspecified atom stereocenters. The molecular formula is C11H12ClN3O. The van der Waals surface area contributed by atoms with Crippen LogP contribution in [-0.2, 0) is 4.74 Å². The molecule has 0 radical (unpaired) electrons. The van der Waals surface area contributed by atoms with E-state index >= 15 is 0 Å². The van der Waals surface area contributed by atoms with Crippen LogP contribution in [0.1, 0.15) is 24.6 Å². The lowest BCUT2D eigenvalue weighted by molar-refractivity contribution is 0.0778. The molecule has 2 aromatic rings. The quantitative estimate of drug-likeness (QED) is 0.764. The van der Waals surface area contributed by atoms with Gasteiger partial charge in [-0.25, -0.2) is 0 Å². The van der Waals surface area contributed by atoms with E-state index in [1.165, 1.54) is 0 Å². The number of hydrogen-bond acceptors (Lipinski definition) is 3. The Balaban J connectivity index is 2.06. The van der Waals surface area contributed by atoms with Crippen LogP contribution in [0.3, 0.4) is 0 Å². The van der Waals surface area contributed by atoms with E-state index in [2.05, 4.69) is 10.2 Å². The first-order valence-corrected chi connectivity index (χ1v) is 5.81. The van der Waals surface area contributed by atoms with Gasteiger partial charge in [-0.2, -0.15) is 0 Å². The van der Waals surface area contributed by atoms with E-state index in [1.807, 2.05) is 22.7 Å². The van der Waals surface area contributed by atoms with Crippen LogP contribution in [0, 0.1) is 0 Å². The Morgan fingerprint density at radius 1 is 1.44 bits per heavy atom. The average Bonchev–Trinajstić information content (AvgIpc) is 2.75. The van der Waals surface area contributed by atoms with E-state index in [-0.39, 0.29) is 0 Å². The van der Waals surface area contributed by atoms with Gasteiger partial charge in [0.15, 0.2) is 5.65 Å². The first-order valence-electron chi connectivity index (χ1n) is 5.43. The number of rotatable bonds is 1. The largest absolute Gasteiger partial charge is 0.381 e. The van der Waals surface area contributed by atoms with Gasteiger partial charge in [0.2, 0.25) is 0 Å². The maximum atomic E-state index is 6.05. The summed E-state index contributed by atoms with van der Waals surface area (Å²) < 4.78 is 7.43. The van der Waals surface area contributed by atoms with Crippen molar-refractivity contribution in [3.63, 3.8) is 0 Å². The monoisotopic (exact) mass is 237 g/mol. The molecule has 1 fully saturated rings. The lowest BCUT2D eigenvalue weighted by atomic mass is 10.0. The first kappa shape index (κ1) is 10.1. The van der Waals surface area contributed by atoms with E-state index in [0.717, 1.165) is 37.5 Å². The first-order chi connectivity index (χ1) is 7.86. The highest BCUT2D eigenvalue weighted by atomic mass is 35.5. The predicted octanol–water partition coefficient (Wildman–Crippen LogP) is 2.28. The Bertz CT molecular complexity index is 505. The van der Waals surface area contributed by atoms with Gasteiger partial charge in [0.05, 0.1) is 11.6 Å². The highest BCUT2D eigenvalue weighted by Gasteiger charge is 2.21. The Hall–Kier alpha value is -1.13. The molecule has 3 rings (SSSR count). The zero-order chi connectivity index (χ0) is 11.0. The van der Waals surface area contributed by atoms with Crippen LogP contribution < -0.4 is 0 Å². The Morgan fingerprint density at radius 3 is 3.19 bits per heavy atom. The summed E-state index contributed by atoms with van der Waals surface area (Å²) in [5, 5.41) is 8.98. The van der Waals surface area contributed by atoms with Gasteiger partial charge in [-0.3, -0.25) is 4.40 Å². The molecule has 0 aliphatic carbocycles. The van der Waals surface area contributed by atoms with Crippen molar-refractivity contribution in [3.05, 3.63) is 29.2 Å². The van der Waals surface area contributed by atoms with Gasteiger partial charge in [0.25, 0.3) is 0 Å². The van der Waals surface area contributed by atoms with E-state index in [4.69, 9.17) is 16.3 Å². The van der Waals surface area contributed by atoms with E-state index in [0.29, 0.717) is 10.9 Å². The second kappa shape index (κ2) is 4.03. The SMILES string of the molecule is Clc1cccn2c(C3CCCOC3)nnc12. The predicted molar refractivity (Wildman–Crippen MR) is 60.8 cm³/mol. The van der Waals surface area contributed by atoms with E-state index in [1.54, 1.807) is 0 Å². The summed E-state index contributed by atoms with van der Waals surface area (Å²) in [7, 11) is 0. The lowest BCUT2D eigenvalue weighted by Gasteiger charge is -2.20. The molecule has 0 saturated carbocycles. The van der Waals surface area contributed by atoms with E-state index in [9.17, 15) is 0 Å². The second-order valence-corrected chi connectivity index (χ2v) is 4.43. The summed E-state index contributed by atoms with van der Waals surface area (Å²) in [6.45, 7) is 1.58. The lowest BCUT2D eigenvalue weighted by Crippen LogP contribution is -2.17. The Morgan fingerprint density at radius 2 is 2.38 bits per heavy atom. The molecule has 16 heavy (non-hydrogen) atoms. The Labute approximate surface area is 98.2 Å². The topological polar surface area (TPSA) is 39.4 Å². The van der Waals surface area contributed by atoms with Gasteiger partial charge in [-0.15, -0.1) is 10.2 Å². The summed E-state index contributed by atoms with van der Waals surface area (Å²) in [6.07, 6.45) is 4.14. The molecule has 1 aliphatic heterocycles. The minimum atomic E-state index is 0.335. The zero-order valence-electron chi connectivity index (χ0n) is 8.77. The molecule has 0 spiro atoms. The fourth-order valence-electron chi connectivity index (χ4n) is 2.12. The molecule has 0 bridgehead atoms. The van der Waals surface area contributed by atoms with E-state index < -0.39 is 0 Å². The molecule has 4 nitrogen and oxygen atoms in total. The van der Waals surface area contributed by atoms with Crippen LogP contribution in [0.4, 0.5) is 0 Å². The van der Waals surface area contributed by atoms with Gasteiger partial charge >= 0.3 is 0 Å². The summed E-state index contributed by atoms with van der Waals surface area (Å²) >= 11 is 6.05. The van der Waals surface area contributed by atoms with Gasteiger partial charge < -0.3 is 4.74 Å². The smallest absolute Gasteiger partial charge is 0.179 e. The summed E-state index contributed by atoms with van der Waals surface area (Å²) in [5.41, 5.74) is 0.727. The minimum absolute atomic E-state index is 0.335. The number of hydrogen-bond donors (Lipinski definition) is 0. The molecule has 1 aliphatic rings. The minimum Gasteiger partial charge on any atom is -0.381 e. The molecule has 1 atom stereocenters. The van der Waals surface area contributed by atoms with Crippen LogP contribution in [0.2, 0.25) is 5.02 Å². The van der Waals surface area contributed by atoms with Crippen LogP contribution in [0.15, 0.2) is 18.3 Å². The van der Waals surface area contributed by atoms with Crippen LogP contribution in [0.25, 0.3) is 5.65 Å². The molecule has 0 amide bonds. The maximum Gasteiger partial charge on any atom is 0.179 e. The molecule has 84 valence electrons. The van der Waals surface area contributed by atoms with Crippen LogP contribution in [-0.4, -0.2) is 27.8 Å². The van der Waals surface area contributed by atoms with Crippen molar-refractivity contribution in [2.24, 2.45) is 0 Å². The highest BCUT2D eigenvalue weighted by molar-refractivity contribution is 6.33. The zero-order valence-corrected chi connectivity index (χ0v) is 9.52. The van der Waals surface area contributed by atoms with Crippen molar-refractivity contribution < 1.29 is 4.74 Å². The third kappa shape index (κ3) is 1.58. The van der Waals surface area contributed by atoms with Gasteiger partial charge in [-0.05, 0) is 25.0 Å². The number of fused-ring (bicyclic) bond motifs is 1. The highest BCUT2D eigenvalue weighted by Crippen LogP contribution is 2.25. The standard InChI is InChI=1S/C11H12ClN3O/c12-9-4-1-5-15-10(13-14-11(9)15)8-3-2-6-16-7-8/h1,4-5,8H,2-3,6-7H2. The summed E-state index contributed by atoms with van der Waals surface area (Å²) in [5.74, 6) is 1.29. The number of pyridine rings is 1. The molecule has 5 heteroatoms. The maximum absolute atomic E-state index is 6.05. The van der Waals surface area contributed by atoms with Crippen molar-refractivity contribution in [2.75, 3.05) is 13.2 Å². The van der Waals surface area contributed by atoms with Crippen LogP contribution >= 0.6 is 11.6 Å². The molecular weight excluding hydrogens is 226 g/mol. The molecule has 0 N–H and O–H groups in total. The molecule has 0 aromatic carbocycles. The van der Waals surface area contributed by atoms with Crippen LogP contribution in [0.5, 0.6) is 0 Å². The van der Waals surface area contributed by atoms with Crippen molar-refractivity contribution in [2.45, 2.75) is 18.8 Å². The third-order valence-corrected chi connectivity index (χ3v) is 3.23. The third-order valence-electron chi connectivity index (χ3n) is 2.94. The number of ether oxygens (including phenoxy) is 1. The van der Waals surface area contributed by atoms with Gasteiger partial charge in [0.1, 0.15) is 5.82 Å². The molecule has 2 aromatic heterocycles. The average molecular weight is 238 g/mol. The fourth-order valence-corrected chi connectivity index (χ4v) is 2.33. The second-order valence-electron chi connectivity index (χ2n) is 4.02. The number of aromatic nitrogens is 3. The van der Waals surface area contributed by atoms with Gasteiger partial charge in [-0.1, -0.05) is 11.6 Å². The van der Waals surface area contributed by atoms with Crippen molar-refractivity contribution in [1.29, 1.82) is 0 Å². The van der Waals surface area contributed by atoms with Crippen molar-refractivity contribution in [1.82, 2.24) is 14.6 Å². The van der Waals surface area contributed by atoms with Gasteiger partial charge in [0, 0.05) is 18.7 Å². The number of halogens is 1. The normalized spacial score (nSPS) is 21.4. The number of nitrogens with zero attached hydrogens (tertiary/aromatic N) is 3. The molecule has 1 saturated heterocycles. The van der Waals surface area contributed by atoms with Crippen molar-refractivity contribution in [3.8, 4) is 0 Å². The summed E-state index contributed by atoms with van der Waals surface area (Å²) in [6, 6.07) is 3.73. The Kier molecular flexibility index (Phi) is 2.53. The fraction of sp³-hybridized carbons (Fsp3) is 0.455. The molecule has 3 heterocycles. The van der Waals surface area contributed by atoms with Crippen molar-refractivity contribution >= 4 is 17.2 Å². The summed E-state index contributed by atoms with van der Waals surface area (Å²) in [4.78, 5) is 0.